The SMILES string of the molecule is CCC1=CC[C@@H](/C(C)=C/c2csc(C)n2)OC(=O)C[C@H](C)C(C)(C)C(=O)[C@H](C)[C@@H](C)[C@@H](C)CC=C1. The van der Waals surface area contributed by atoms with Crippen molar-refractivity contribution in [1.82, 2.24) is 4.98 Å². The molecule has 2 rings (SSSR count). The highest BCUT2D eigenvalue weighted by atomic mass is 32.1. The van der Waals surface area contributed by atoms with E-state index in [0.29, 0.717) is 12.3 Å². The first kappa shape index (κ1) is 29.2. The average molecular weight is 500 g/mol. The van der Waals surface area contributed by atoms with Crippen LogP contribution in [-0.2, 0) is 14.3 Å². The second-order valence-electron chi connectivity index (χ2n) is 11.0. The van der Waals surface area contributed by atoms with Crippen LogP contribution in [0.3, 0.4) is 0 Å². The van der Waals surface area contributed by atoms with Gasteiger partial charge in [-0.1, -0.05) is 72.3 Å². The van der Waals surface area contributed by atoms with Gasteiger partial charge in [0.2, 0.25) is 0 Å². The monoisotopic (exact) mass is 499 g/mol. The van der Waals surface area contributed by atoms with Gasteiger partial charge in [0.25, 0.3) is 0 Å². The Labute approximate surface area is 217 Å². The molecule has 1 aromatic heterocycles. The first-order valence-corrected chi connectivity index (χ1v) is 13.9. The van der Waals surface area contributed by atoms with E-state index in [-0.39, 0.29) is 42.0 Å². The van der Waals surface area contributed by atoms with Crippen LogP contribution in [0.25, 0.3) is 6.08 Å². The van der Waals surface area contributed by atoms with Crippen LogP contribution < -0.4 is 0 Å². The first-order valence-electron chi connectivity index (χ1n) is 13.1. The molecule has 194 valence electrons. The summed E-state index contributed by atoms with van der Waals surface area (Å²) < 4.78 is 6.04. The van der Waals surface area contributed by atoms with E-state index < -0.39 is 5.41 Å². The second-order valence-corrected chi connectivity index (χ2v) is 12.0. The van der Waals surface area contributed by atoms with Crippen molar-refractivity contribution in [2.24, 2.45) is 29.1 Å². The molecule has 0 bridgehead atoms. The van der Waals surface area contributed by atoms with E-state index in [0.717, 1.165) is 29.1 Å². The third kappa shape index (κ3) is 7.99. The molecular formula is C30H45NO3S. The molecule has 5 atom stereocenters. The van der Waals surface area contributed by atoms with Gasteiger partial charge in [-0.3, -0.25) is 9.59 Å². The van der Waals surface area contributed by atoms with Crippen molar-refractivity contribution in [3.8, 4) is 0 Å². The lowest BCUT2D eigenvalue weighted by Crippen LogP contribution is -2.40. The summed E-state index contributed by atoms with van der Waals surface area (Å²) in [7, 11) is 0. The molecule has 0 aromatic carbocycles. The lowest BCUT2D eigenvalue weighted by atomic mass is 9.67. The number of ether oxygens (including phenoxy) is 1. The van der Waals surface area contributed by atoms with Crippen LogP contribution >= 0.6 is 11.3 Å². The van der Waals surface area contributed by atoms with Crippen LogP contribution in [0.5, 0.6) is 0 Å². The van der Waals surface area contributed by atoms with Crippen molar-refractivity contribution in [2.75, 3.05) is 0 Å². The molecule has 0 fully saturated rings. The fourth-order valence-electron chi connectivity index (χ4n) is 4.61. The predicted octanol–water partition coefficient (Wildman–Crippen LogP) is 7.98. The van der Waals surface area contributed by atoms with Crippen LogP contribution in [0.15, 0.2) is 34.8 Å². The van der Waals surface area contributed by atoms with E-state index in [1.807, 2.05) is 53.0 Å². The highest BCUT2D eigenvalue weighted by molar-refractivity contribution is 7.09. The number of nitrogens with zero attached hydrogens (tertiary/aromatic N) is 1. The summed E-state index contributed by atoms with van der Waals surface area (Å²) in [4.78, 5) is 31.1. The molecule has 5 heteroatoms. The van der Waals surface area contributed by atoms with E-state index in [2.05, 4.69) is 44.0 Å². The molecule has 0 amide bonds. The molecule has 0 unspecified atom stereocenters. The van der Waals surface area contributed by atoms with Crippen molar-refractivity contribution in [1.29, 1.82) is 0 Å². The highest BCUT2D eigenvalue weighted by Crippen LogP contribution is 2.37. The largest absolute Gasteiger partial charge is 0.457 e. The van der Waals surface area contributed by atoms with Gasteiger partial charge in [0.15, 0.2) is 0 Å². The summed E-state index contributed by atoms with van der Waals surface area (Å²) in [6.07, 6.45) is 10.9. The van der Waals surface area contributed by atoms with E-state index in [1.54, 1.807) is 11.3 Å². The predicted molar refractivity (Wildman–Crippen MR) is 147 cm³/mol. The average Bonchev–Trinajstić information content (AvgIpc) is 3.21. The number of esters is 1. The summed E-state index contributed by atoms with van der Waals surface area (Å²) in [5.41, 5.74) is 2.49. The molecule has 1 aliphatic rings. The molecule has 0 N–H and O–H groups in total. The van der Waals surface area contributed by atoms with Gasteiger partial charge < -0.3 is 4.74 Å². The van der Waals surface area contributed by atoms with Crippen LogP contribution in [0.2, 0.25) is 0 Å². The lowest BCUT2D eigenvalue weighted by molar-refractivity contribution is -0.150. The summed E-state index contributed by atoms with van der Waals surface area (Å²) in [5, 5.41) is 3.03. The summed E-state index contributed by atoms with van der Waals surface area (Å²) in [5.74, 6) is 0.446. The Morgan fingerprint density at radius 1 is 1.20 bits per heavy atom. The molecule has 0 radical (unpaired) electrons. The fraction of sp³-hybridized carbons (Fsp3) is 0.633. The van der Waals surface area contributed by atoms with Gasteiger partial charge in [0.05, 0.1) is 10.7 Å². The zero-order chi connectivity index (χ0) is 26.3. The molecule has 0 spiro atoms. The molecule has 4 nitrogen and oxygen atoms in total. The number of Topliss-reactive ketones (excluding diaryl/α,β-unsaturated/α-hetero) is 1. The van der Waals surface area contributed by atoms with Gasteiger partial charge in [0, 0.05) is 29.6 Å². The van der Waals surface area contributed by atoms with Gasteiger partial charge >= 0.3 is 5.97 Å². The van der Waals surface area contributed by atoms with Crippen molar-refractivity contribution in [3.63, 3.8) is 0 Å². The quantitative estimate of drug-likeness (QED) is 0.396. The third-order valence-corrected chi connectivity index (χ3v) is 8.87. The number of rotatable bonds is 3. The van der Waals surface area contributed by atoms with Crippen LogP contribution in [0.1, 0.15) is 91.8 Å². The molecule has 2 heterocycles. The van der Waals surface area contributed by atoms with Gasteiger partial charge in [-0.25, -0.2) is 4.98 Å². The first-order chi connectivity index (χ1) is 16.4. The number of hydrogen-bond acceptors (Lipinski definition) is 5. The summed E-state index contributed by atoms with van der Waals surface area (Å²) >= 11 is 1.61. The minimum atomic E-state index is -0.604. The molecule has 0 saturated carbocycles. The summed E-state index contributed by atoms with van der Waals surface area (Å²) in [6.45, 7) is 18.5. The van der Waals surface area contributed by atoms with E-state index >= 15 is 0 Å². The molecule has 0 aliphatic carbocycles. The van der Waals surface area contributed by atoms with Crippen molar-refractivity contribution >= 4 is 29.2 Å². The molecule has 0 saturated heterocycles. The number of aromatic nitrogens is 1. The number of hydrogen-bond donors (Lipinski definition) is 0. The summed E-state index contributed by atoms with van der Waals surface area (Å²) in [6, 6.07) is 0. The third-order valence-electron chi connectivity index (χ3n) is 8.08. The highest BCUT2D eigenvalue weighted by Gasteiger charge is 2.40. The number of carbonyl (C=O) groups excluding carboxylic acids is 2. The lowest BCUT2D eigenvalue weighted by Gasteiger charge is -2.36. The molecular weight excluding hydrogens is 454 g/mol. The Bertz CT molecular complexity index is 968. The number of aryl methyl sites for hydroxylation is 1. The Morgan fingerprint density at radius 2 is 1.89 bits per heavy atom. The number of ketones is 1. The topological polar surface area (TPSA) is 56.3 Å². The number of thiazole rings is 1. The zero-order valence-corrected chi connectivity index (χ0v) is 24.0. The van der Waals surface area contributed by atoms with E-state index in [9.17, 15) is 9.59 Å². The smallest absolute Gasteiger partial charge is 0.306 e. The molecule has 35 heavy (non-hydrogen) atoms. The fourth-order valence-corrected chi connectivity index (χ4v) is 5.18. The molecule has 1 aliphatic heterocycles. The van der Waals surface area contributed by atoms with Gasteiger partial charge in [-0.15, -0.1) is 11.3 Å². The standard InChI is InChI=1S/C30H45NO3S/c1-10-25-13-11-12-19(2)22(5)23(6)29(33)30(8,9)21(4)17-28(32)34-27(15-14-25)20(3)16-26-18-35-24(7)31-26/h11,13-14,16,18-19,21-23,27H,10,12,15,17H2,1-9H3/b13-11?,20-16+,25-14?/t19-,21-,22-,23+,27-/m0/s1. The normalized spacial score (nSPS) is 29.6. The Balaban J connectivity index is 2.41. The maximum atomic E-state index is 13.5. The number of carbonyl (C=O) groups is 2. The minimum absolute atomic E-state index is 0.0690. The van der Waals surface area contributed by atoms with E-state index in [4.69, 9.17) is 4.74 Å². The Hall–Kier alpha value is -2.01. The molecule has 1 aromatic rings. The number of cyclic esters (lactones) is 1. The number of allylic oxidation sites excluding steroid dienone is 3. The van der Waals surface area contributed by atoms with Crippen molar-refractivity contribution in [2.45, 2.75) is 94.1 Å². The van der Waals surface area contributed by atoms with Crippen LogP contribution in [0.4, 0.5) is 0 Å². The maximum absolute atomic E-state index is 13.5. The van der Waals surface area contributed by atoms with Crippen LogP contribution in [-0.4, -0.2) is 22.8 Å². The van der Waals surface area contributed by atoms with Gasteiger partial charge in [-0.05, 0) is 56.1 Å². The minimum Gasteiger partial charge on any atom is -0.457 e. The van der Waals surface area contributed by atoms with Gasteiger partial charge in [0.1, 0.15) is 11.9 Å². The van der Waals surface area contributed by atoms with E-state index in [1.165, 1.54) is 5.57 Å². The Kier molecular flexibility index (Phi) is 10.7. The maximum Gasteiger partial charge on any atom is 0.306 e. The van der Waals surface area contributed by atoms with Gasteiger partial charge in [-0.2, -0.15) is 0 Å². The Morgan fingerprint density at radius 3 is 2.49 bits per heavy atom. The zero-order valence-electron chi connectivity index (χ0n) is 23.2. The van der Waals surface area contributed by atoms with Crippen molar-refractivity contribution < 1.29 is 14.3 Å². The van der Waals surface area contributed by atoms with Crippen LogP contribution in [0, 0.1) is 36.0 Å². The van der Waals surface area contributed by atoms with Crippen molar-refractivity contribution in [3.05, 3.63) is 45.5 Å². The second kappa shape index (κ2) is 12.8.